The van der Waals surface area contributed by atoms with Crippen molar-refractivity contribution in [2.24, 2.45) is 0 Å². The smallest absolute Gasteiger partial charge is 0.232 e. The largest absolute Gasteiger partial charge is 0.494 e. The minimum absolute atomic E-state index is 0.0868. The highest BCUT2D eigenvalue weighted by Gasteiger charge is 2.27. The lowest BCUT2D eigenvalue weighted by Gasteiger charge is -2.23. The van der Waals surface area contributed by atoms with E-state index in [-0.39, 0.29) is 5.91 Å². The lowest BCUT2D eigenvalue weighted by atomic mass is 10.0. The van der Waals surface area contributed by atoms with Crippen molar-refractivity contribution in [2.45, 2.75) is 32.2 Å². The quantitative estimate of drug-likeness (QED) is 0.241. The summed E-state index contributed by atoms with van der Waals surface area (Å²) in [5.74, 6) is 3.55. The number of amides is 1. The fraction of sp³-hybridized carbons (Fsp3) is 0.346. The number of fused-ring (bicyclic) bond motifs is 2. The number of benzene rings is 2. The first-order valence-electron chi connectivity index (χ1n) is 11.5. The summed E-state index contributed by atoms with van der Waals surface area (Å²) in [5.41, 5.74) is 2.73. The van der Waals surface area contributed by atoms with E-state index in [0.29, 0.717) is 55.1 Å². The molecule has 8 heteroatoms. The highest BCUT2D eigenvalue weighted by Crippen LogP contribution is 2.44. The van der Waals surface area contributed by atoms with Crippen LogP contribution >= 0.6 is 11.8 Å². The average Bonchev–Trinajstić information content (AvgIpc) is 2.87. The Morgan fingerprint density at radius 3 is 2.53 bits per heavy atom. The topological polar surface area (TPSA) is 73.8 Å². The zero-order valence-electron chi connectivity index (χ0n) is 20.0. The minimum Gasteiger partial charge on any atom is -0.494 e. The van der Waals surface area contributed by atoms with Crippen LogP contribution in [-0.4, -0.2) is 53.3 Å². The molecule has 0 unspecified atom stereocenters. The molecule has 0 spiro atoms. The van der Waals surface area contributed by atoms with Gasteiger partial charge in [-0.25, -0.2) is 4.98 Å². The molecule has 7 nitrogen and oxygen atoms in total. The molecule has 1 aliphatic rings. The minimum atomic E-state index is 0.0868. The summed E-state index contributed by atoms with van der Waals surface area (Å²) in [4.78, 5) is 24.1. The van der Waals surface area contributed by atoms with Crippen molar-refractivity contribution < 1.29 is 19.0 Å². The number of carbonyl (C=O) groups is 1. The van der Waals surface area contributed by atoms with Crippen LogP contribution < -0.4 is 14.2 Å². The summed E-state index contributed by atoms with van der Waals surface area (Å²) < 4.78 is 17.3. The molecule has 0 saturated carbocycles. The highest BCUT2D eigenvalue weighted by molar-refractivity contribution is 7.99. The summed E-state index contributed by atoms with van der Waals surface area (Å²) in [7, 11) is 1.62. The van der Waals surface area contributed by atoms with Gasteiger partial charge in [0.05, 0.1) is 25.0 Å². The Morgan fingerprint density at radius 2 is 1.85 bits per heavy atom. The molecule has 178 valence electrons. The predicted octanol–water partition coefficient (Wildman–Crippen LogP) is 5.21. The van der Waals surface area contributed by atoms with Crippen molar-refractivity contribution in [1.29, 1.82) is 0 Å². The second-order valence-electron chi connectivity index (χ2n) is 7.68. The molecule has 1 amide bonds. The third kappa shape index (κ3) is 4.97. The normalized spacial score (nSPS) is 11.8. The van der Waals surface area contributed by atoms with E-state index in [1.807, 2.05) is 68.1 Å². The van der Waals surface area contributed by atoms with Gasteiger partial charge in [-0.05, 0) is 51.1 Å². The van der Waals surface area contributed by atoms with Gasteiger partial charge in [-0.3, -0.25) is 4.79 Å². The van der Waals surface area contributed by atoms with E-state index in [1.165, 1.54) is 11.8 Å². The first-order chi connectivity index (χ1) is 16.6. The number of hydrogen-bond donors (Lipinski definition) is 0. The van der Waals surface area contributed by atoms with E-state index < -0.39 is 0 Å². The number of hydrogen-bond acceptors (Lipinski definition) is 7. The monoisotopic (exact) mass is 479 g/mol. The van der Waals surface area contributed by atoms with E-state index in [1.54, 1.807) is 7.11 Å². The number of carbonyl (C=O) groups excluding carboxylic acids is 1. The molecule has 3 aromatic rings. The van der Waals surface area contributed by atoms with Crippen molar-refractivity contribution in [3.05, 3.63) is 53.6 Å². The first kappa shape index (κ1) is 23.9. The zero-order chi connectivity index (χ0) is 24.1. The van der Waals surface area contributed by atoms with E-state index in [4.69, 9.17) is 24.2 Å². The number of ether oxygens (including phenoxy) is 3. The molecule has 0 fully saturated rings. The number of para-hydroxylation sites is 1. The summed E-state index contributed by atoms with van der Waals surface area (Å²) >= 11 is 1.43. The van der Waals surface area contributed by atoms with Crippen LogP contribution in [0, 0.1) is 0 Å². The molecule has 0 N–H and O–H groups in total. The zero-order valence-corrected chi connectivity index (χ0v) is 20.8. The molecule has 4 rings (SSSR count). The van der Waals surface area contributed by atoms with E-state index in [2.05, 4.69) is 0 Å². The average molecular weight is 480 g/mol. The van der Waals surface area contributed by atoms with Crippen LogP contribution in [0.5, 0.6) is 23.1 Å². The Labute approximate surface area is 204 Å². The van der Waals surface area contributed by atoms with Crippen LogP contribution in [0.3, 0.4) is 0 Å². The van der Waals surface area contributed by atoms with Gasteiger partial charge in [-0.15, -0.1) is 0 Å². The van der Waals surface area contributed by atoms with Crippen LogP contribution in [0.4, 0.5) is 0 Å². The van der Waals surface area contributed by atoms with E-state index in [0.717, 1.165) is 27.5 Å². The van der Waals surface area contributed by atoms with Gasteiger partial charge in [0.2, 0.25) is 11.8 Å². The SMILES string of the molecule is CCOc1ccc(-c2nc3c(c(SCC(=O)N(CC)CC)n2)Cc2cccc(OC)c2O3)cc1. The second kappa shape index (κ2) is 10.8. The predicted molar refractivity (Wildman–Crippen MR) is 133 cm³/mol. The van der Waals surface area contributed by atoms with Crippen molar-refractivity contribution in [1.82, 2.24) is 14.9 Å². The van der Waals surface area contributed by atoms with Crippen LogP contribution in [-0.2, 0) is 11.2 Å². The van der Waals surface area contributed by atoms with Crippen molar-refractivity contribution >= 4 is 17.7 Å². The van der Waals surface area contributed by atoms with Crippen LogP contribution in [0.1, 0.15) is 31.9 Å². The molecule has 34 heavy (non-hydrogen) atoms. The fourth-order valence-corrected chi connectivity index (χ4v) is 4.78. The molecule has 0 atom stereocenters. The van der Waals surface area contributed by atoms with E-state index in [9.17, 15) is 4.79 Å². The Hall–Kier alpha value is -3.26. The van der Waals surface area contributed by atoms with E-state index >= 15 is 0 Å². The number of aromatic nitrogens is 2. The molecule has 2 aromatic carbocycles. The number of thioether (sulfide) groups is 1. The van der Waals surface area contributed by atoms with Gasteiger partial charge in [-0.2, -0.15) is 4.98 Å². The highest BCUT2D eigenvalue weighted by atomic mass is 32.2. The molecule has 0 radical (unpaired) electrons. The Bertz CT molecular complexity index is 1160. The van der Waals surface area contributed by atoms with Gasteiger partial charge in [0.1, 0.15) is 10.8 Å². The summed E-state index contributed by atoms with van der Waals surface area (Å²) in [5, 5.41) is 0.753. The van der Waals surface area contributed by atoms with Gasteiger partial charge in [0, 0.05) is 30.6 Å². The Kier molecular flexibility index (Phi) is 7.57. The van der Waals surface area contributed by atoms with Crippen LogP contribution in [0.25, 0.3) is 11.4 Å². The number of methoxy groups -OCH3 is 1. The lowest BCUT2D eigenvalue weighted by molar-refractivity contribution is -0.127. The fourth-order valence-electron chi connectivity index (χ4n) is 3.86. The molecule has 0 bridgehead atoms. The number of rotatable bonds is 9. The molecule has 2 heterocycles. The Morgan fingerprint density at radius 1 is 1.09 bits per heavy atom. The second-order valence-corrected chi connectivity index (χ2v) is 8.64. The van der Waals surface area contributed by atoms with Gasteiger partial charge in [0.15, 0.2) is 17.3 Å². The molecule has 0 saturated heterocycles. The maximum atomic E-state index is 12.7. The van der Waals surface area contributed by atoms with Crippen molar-refractivity contribution in [2.75, 3.05) is 32.6 Å². The van der Waals surface area contributed by atoms with Crippen LogP contribution in [0.15, 0.2) is 47.5 Å². The number of nitrogens with zero attached hydrogens (tertiary/aromatic N) is 3. The van der Waals surface area contributed by atoms with Gasteiger partial charge < -0.3 is 19.1 Å². The van der Waals surface area contributed by atoms with Crippen LogP contribution in [0.2, 0.25) is 0 Å². The van der Waals surface area contributed by atoms with Crippen molar-refractivity contribution in [3.63, 3.8) is 0 Å². The molecular formula is C26H29N3O4S. The summed E-state index contributed by atoms with van der Waals surface area (Å²) in [6.45, 7) is 7.90. The molecular weight excluding hydrogens is 450 g/mol. The van der Waals surface area contributed by atoms with Crippen molar-refractivity contribution in [3.8, 4) is 34.5 Å². The standard InChI is InChI=1S/C26H29N3O4S/c1-5-29(6-2)22(30)16-34-26-20-15-18-9-8-10-21(31-4)23(18)33-25(20)27-24(28-26)17-11-13-19(14-12-17)32-7-3/h8-14H,5-7,15-16H2,1-4H3. The third-order valence-electron chi connectivity index (χ3n) is 5.65. The first-order valence-corrected chi connectivity index (χ1v) is 12.4. The third-order valence-corrected chi connectivity index (χ3v) is 6.65. The maximum absolute atomic E-state index is 12.7. The Balaban J connectivity index is 1.72. The summed E-state index contributed by atoms with van der Waals surface area (Å²) in [6.07, 6.45) is 0.604. The summed E-state index contributed by atoms with van der Waals surface area (Å²) in [6, 6.07) is 13.5. The maximum Gasteiger partial charge on any atom is 0.232 e. The van der Waals surface area contributed by atoms with Gasteiger partial charge in [-0.1, -0.05) is 23.9 Å². The molecule has 1 aliphatic heterocycles. The van der Waals surface area contributed by atoms with Gasteiger partial charge in [0.25, 0.3) is 0 Å². The molecule has 1 aromatic heterocycles. The lowest BCUT2D eigenvalue weighted by Crippen LogP contribution is -2.31. The molecule has 0 aliphatic carbocycles. The van der Waals surface area contributed by atoms with Gasteiger partial charge >= 0.3 is 0 Å².